The minimum absolute atomic E-state index is 0.192. The Hall–Kier alpha value is -1.10. The highest BCUT2D eigenvalue weighted by atomic mass is 16.5. The van der Waals surface area contributed by atoms with Crippen molar-refractivity contribution in [2.75, 3.05) is 26.1 Å². The van der Waals surface area contributed by atoms with Crippen LogP contribution in [0.2, 0.25) is 0 Å². The van der Waals surface area contributed by atoms with E-state index < -0.39 is 6.10 Å². The maximum atomic E-state index is 9.92. The third-order valence-electron chi connectivity index (χ3n) is 2.97. The molecule has 1 aromatic carbocycles. The van der Waals surface area contributed by atoms with Crippen LogP contribution in [0.4, 0.5) is 5.69 Å². The molecule has 1 atom stereocenters. The molecule has 0 saturated heterocycles. The fourth-order valence-electron chi connectivity index (χ4n) is 1.48. The zero-order chi connectivity index (χ0) is 13.6. The molecule has 0 spiro atoms. The van der Waals surface area contributed by atoms with Crippen molar-refractivity contribution in [1.29, 1.82) is 0 Å². The van der Waals surface area contributed by atoms with Gasteiger partial charge in [-0.25, -0.2) is 0 Å². The van der Waals surface area contributed by atoms with Crippen LogP contribution < -0.4 is 5.73 Å². The van der Waals surface area contributed by atoms with E-state index >= 15 is 0 Å². The van der Waals surface area contributed by atoms with Gasteiger partial charge in [0.25, 0.3) is 0 Å². The molecule has 0 saturated carbocycles. The van der Waals surface area contributed by atoms with Crippen LogP contribution in [0.25, 0.3) is 0 Å². The fraction of sp³-hybridized carbons (Fsp3) is 0.571. The highest BCUT2D eigenvalue weighted by Gasteiger charge is 2.16. The van der Waals surface area contributed by atoms with Gasteiger partial charge in [-0.2, -0.15) is 0 Å². The average Bonchev–Trinajstić information content (AvgIpc) is 2.34. The molecule has 18 heavy (non-hydrogen) atoms. The van der Waals surface area contributed by atoms with Crippen molar-refractivity contribution in [3.63, 3.8) is 0 Å². The summed E-state index contributed by atoms with van der Waals surface area (Å²) in [5.41, 5.74) is 6.89. The van der Waals surface area contributed by atoms with Gasteiger partial charge < -0.3 is 20.3 Å². The van der Waals surface area contributed by atoms with Crippen LogP contribution in [0.15, 0.2) is 24.3 Å². The quantitative estimate of drug-likeness (QED) is 0.577. The van der Waals surface area contributed by atoms with Gasteiger partial charge in [0.05, 0.1) is 12.2 Å². The van der Waals surface area contributed by atoms with E-state index in [9.17, 15) is 5.11 Å². The summed E-state index contributed by atoms with van der Waals surface area (Å²) in [6.07, 6.45) is 0.145. The molecule has 0 amide bonds. The largest absolute Gasteiger partial charge is 0.399 e. The minimum atomic E-state index is -0.640. The van der Waals surface area contributed by atoms with Gasteiger partial charge in [-0.1, -0.05) is 12.1 Å². The Bertz CT molecular complexity index is 366. The first-order valence-corrected chi connectivity index (χ1v) is 6.11. The van der Waals surface area contributed by atoms with Crippen molar-refractivity contribution in [2.24, 2.45) is 0 Å². The molecule has 0 fully saturated rings. The summed E-state index contributed by atoms with van der Waals surface area (Å²) in [7, 11) is 1.68. The van der Waals surface area contributed by atoms with E-state index in [1.165, 1.54) is 0 Å². The van der Waals surface area contributed by atoms with Crippen molar-refractivity contribution >= 4 is 5.69 Å². The molecule has 1 rings (SSSR count). The second-order valence-electron chi connectivity index (χ2n) is 4.97. The van der Waals surface area contributed by atoms with Crippen LogP contribution in [0.5, 0.6) is 0 Å². The molecule has 0 aliphatic rings. The highest BCUT2D eigenvalue weighted by molar-refractivity contribution is 5.41. The first-order chi connectivity index (χ1) is 8.44. The van der Waals surface area contributed by atoms with Crippen molar-refractivity contribution in [2.45, 2.75) is 32.0 Å². The van der Waals surface area contributed by atoms with E-state index in [2.05, 4.69) is 0 Å². The summed E-state index contributed by atoms with van der Waals surface area (Å²) in [4.78, 5) is 0. The SMILES string of the molecule is COC(C)(C)CCOCC(O)c1cccc(N)c1. The third-order valence-corrected chi connectivity index (χ3v) is 2.97. The Morgan fingerprint density at radius 3 is 2.72 bits per heavy atom. The van der Waals surface area contributed by atoms with Gasteiger partial charge in [0, 0.05) is 19.4 Å². The van der Waals surface area contributed by atoms with Crippen LogP contribution in [-0.2, 0) is 9.47 Å². The predicted molar refractivity (Wildman–Crippen MR) is 72.3 cm³/mol. The van der Waals surface area contributed by atoms with E-state index in [0.717, 1.165) is 12.0 Å². The summed E-state index contributed by atoms with van der Waals surface area (Å²) < 4.78 is 10.7. The standard InChI is InChI=1S/C14H23NO3/c1-14(2,17-3)7-8-18-10-13(16)11-5-4-6-12(15)9-11/h4-6,9,13,16H,7-8,10,15H2,1-3H3. The van der Waals surface area contributed by atoms with Gasteiger partial charge in [0.2, 0.25) is 0 Å². The van der Waals surface area contributed by atoms with Crippen LogP contribution in [-0.4, -0.2) is 31.0 Å². The number of anilines is 1. The zero-order valence-electron chi connectivity index (χ0n) is 11.3. The number of benzene rings is 1. The molecular weight excluding hydrogens is 230 g/mol. The number of nitrogens with two attached hydrogens (primary N) is 1. The number of aliphatic hydroxyl groups excluding tert-OH is 1. The van der Waals surface area contributed by atoms with Gasteiger partial charge in [0.1, 0.15) is 6.10 Å². The van der Waals surface area contributed by atoms with Gasteiger partial charge >= 0.3 is 0 Å². The number of hydrogen-bond acceptors (Lipinski definition) is 4. The normalized spacial score (nSPS) is 13.6. The minimum Gasteiger partial charge on any atom is -0.399 e. The van der Waals surface area contributed by atoms with Crippen molar-refractivity contribution in [1.82, 2.24) is 0 Å². The molecule has 102 valence electrons. The molecule has 4 nitrogen and oxygen atoms in total. The lowest BCUT2D eigenvalue weighted by Crippen LogP contribution is -2.25. The van der Waals surface area contributed by atoms with Crippen molar-refractivity contribution in [3.8, 4) is 0 Å². The first kappa shape index (κ1) is 15.0. The molecule has 0 aromatic heterocycles. The van der Waals surface area contributed by atoms with E-state index in [1.54, 1.807) is 19.2 Å². The Morgan fingerprint density at radius 1 is 1.39 bits per heavy atom. The smallest absolute Gasteiger partial charge is 0.102 e. The summed E-state index contributed by atoms with van der Waals surface area (Å²) in [6, 6.07) is 7.21. The number of ether oxygens (including phenoxy) is 2. The second kappa shape index (κ2) is 6.73. The van der Waals surface area contributed by atoms with Gasteiger partial charge in [0.15, 0.2) is 0 Å². The van der Waals surface area contributed by atoms with Gasteiger partial charge in [-0.3, -0.25) is 0 Å². The van der Waals surface area contributed by atoms with Gasteiger partial charge in [-0.05, 0) is 38.0 Å². The first-order valence-electron chi connectivity index (χ1n) is 6.11. The van der Waals surface area contributed by atoms with Crippen LogP contribution in [0.3, 0.4) is 0 Å². The Balaban J connectivity index is 2.32. The topological polar surface area (TPSA) is 64.7 Å². The van der Waals surface area contributed by atoms with Crippen LogP contribution >= 0.6 is 0 Å². The maximum Gasteiger partial charge on any atom is 0.102 e. The van der Waals surface area contributed by atoms with E-state index in [0.29, 0.717) is 12.3 Å². The van der Waals surface area contributed by atoms with E-state index in [1.807, 2.05) is 26.0 Å². The van der Waals surface area contributed by atoms with E-state index in [4.69, 9.17) is 15.2 Å². The fourth-order valence-corrected chi connectivity index (χ4v) is 1.48. The molecule has 0 aliphatic carbocycles. The molecule has 1 aromatic rings. The number of aliphatic hydroxyl groups is 1. The maximum absolute atomic E-state index is 9.92. The second-order valence-corrected chi connectivity index (χ2v) is 4.97. The molecule has 3 N–H and O–H groups in total. The molecule has 4 heteroatoms. The van der Waals surface area contributed by atoms with E-state index in [-0.39, 0.29) is 12.2 Å². The number of rotatable bonds is 7. The van der Waals surface area contributed by atoms with Gasteiger partial charge in [-0.15, -0.1) is 0 Å². The monoisotopic (exact) mass is 253 g/mol. The average molecular weight is 253 g/mol. The number of methoxy groups -OCH3 is 1. The van der Waals surface area contributed by atoms with Crippen molar-refractivity contribution in [3.05, 3.63) is 29.8 Å². The summed E-state index contributed by atoms with van der Waals surface area (Å²) in [5, 5.41) is 9.92. The van der Waals surface area contributed by atoms with Crippen LogP contribution in [0, 0.1) is 0 Å². The molecule has 0 bridgehead atoms. The lowest BCUT2D eigenvalue weighted by molar-refractivity contribution is -0.0249. The zero-order valence-corrected chi connectivity index (χ0v) is 11.3. The summed E-state index contributed by atoms with van der Waals surface area (Å²) in [5.74, 6) is 0. The lowest BCUT2D eigenvalue weighted by Gasteiger charge is -2.22. The molecular formula is C14H23NO3. The molecule has 0 heterocycles. The number of hydrogen-bond donors (Lipinski definition) is 2. The Morgan fingerprint density at radius 2 is 2.11 bits per heavy atom. The highest BCUT2D eigenvalue weighted by Crippen LogP contribution is 2.17. The Kier molecular flexibility index (Phi) is 5.59. The molecule has 1 unspecified atom stereocenters. The third kappa shape index (κ3) is 5.04. The molecule has 0 aliphatic heterocycles. The summed E-state index contributed by atoms with van der Waals surface area (Å²) in [6.45, 7) is 4.83. The van der Waals surface area contributed by atoms with Crippen molar-refractivity contribution < 1.29 is 14.6 Å². The lowest BCUT2D eigenvalue weighted by atomic mass is 10.1. The predicted octanol–water partition coefficient (Wildman–Crippen LogP) is 2.13. The summed E-state index contributed by atoms with van der Waals surface area (Å²) >= 11 is 0. The number of nitrogen functional groups attached to an aromatic ring is 1. The Labute approximate surface area is 109 Å². The van der Waals surface area contributed by atoms with Crippen LogP contribution in [0.1, 0.15) is 31.9 Å². The molecule has 0 radical (unpaired) electrons.